The summed E-state index contributed by atoms with van der Waals surface area (Å²) in [6, 6.07) is 0. The lowest BCUT2D eigenvalue weighted by Gasteiger charge is -2.40. The van der Waals surface area contributed by atoms with E-state index in [4.69, 9.17) is 0 Å². The molecule has 1 saturated carbocycles. The molecule has 3 heteroatoms. The van der Waals surface area contributed by atoms with E-state index >= 15 is 0 Å². The molecule has 2 aliphatic rings. The number of likely N-dealkylation sites (tertiary alicyclic amines) is 1. The molecule has 0 bridgehead atoms. The third-order valence-corrected chi connectivity index (χ3v) is 5.80. The van der Waals surface area contributed by atoms with Crippen molar-refractivity contribution in [1.82, 2.24) is 4.90 Å². The predicted molar refractivity (Wildman–Crippen MR) is 103 cm³/mol. The van der Waals surface area contributed by atoms with Crippen molar-refractivity contribution in [1.29, 1.82) is 0 Å². The number of ketones is 1. The van der Waals surface area contributed by atoms with Crippen LogP contribution >= 0.6 is 0 Å². The zero-order valence-corrected chi connectivity index (χ0v) is 17.3. The number of nitrogens with zero attached hydrogens (tertiary/aromatic N) is 1. The first-order chi connectivity index (χ1) is 11.5. The standard InChI is InChI=1S/C17H29NO2.2C2H6/c1-4-14-5-7-15(8-6-14)16(20)18-11-9-17(3,10-12-18)13(2)19;2*1-2/h14-15H,4-12H2,1-3H3;2*1-2H3. The second-order valence-corrected chi connectivity index (χ2v) is 7.07. The highest BCUT2D eigenvalue weighted by molar-refractivity contribution is 5.83. The summed E-state index contributed by atoms with van der Waals surface area (Å²) in [5.74, 6) is 1.71. The number of carbonyl (C=O) groups is 2. The van der Waals surface area contributed by atoms with Crippen molar-refractivity contribution in [3.63, 3.8) is 0 Å². The van der Waals surface area contributed by atoms with Gasteiger partial charge in [-0.2, -0.15) is 0 Å². The first kappa shape index (κ1) is 23.1. The van der Waals surface area contributed by atoms with Crippen molar-refractivity contribution in [2.24, 2.45) is 17.3 Å². The van der Waals surface area contributed by atoms with Crippen LogP contribution < -0.4 is 0 Å². The van der Waals surface area contributed by atoms with Crippen LogP contribution in [0, 0.1) is 17.3 Å². The van der Waals surface area contributed by atoms with Crippen molar-refractivity contribution in [3.05, 3.63) is 0 Å². The molecule has 0 radical (unpaired) electrons. The molecule has 2 fully saturated rings. The Balaban J connectivity index is 0.00000123. The van der Waals surface area contributed by atoms with Gasteiger partial charge in [0.25, 0.3) is 0 Å². The Bertz CT molecular complexity index is 362. The molecule has 0 spiro atoms. The summed E-state index contributed by atoms with van der Waals surface area (Å²) in [5.41, 5.74) is -0.198. The third kappa shape index (κ3) is 6.22. The van der Waals surface area contributed by atoms with Gasteiger partial charge in [0.1, 0.15) is 5.78 Å². The van der Waals surface area contributed by atoms with Crippen molar-refractivity contribution in [2.75, 3.05) is 13.1 Å². The molecule has 1 saturated heterocycles. The average Bonchev–Trinajstić information content (AvgIpc) is 2.65. The van der Waals surface area contributed by atoms with Crippen molar-refractivity contribution in [3.8, 4) is 0 Å². The fourth-order valence-corrected chi connectivity index (χ4v) is 3.65. The predicted octanol–water partition coefficient (Wildman–Crippen LogP) is 5.47. The summed E-state index contributed by atoms with van der Waals surface area (Å²) in [5, 5.41) is 0. The summed E-state index contributed by atoms with van der Waals surface area (Å²) >= 11 is 0. The molecule has 2 rings (SSSR count). The van der Waals surface area contributed by atoms with Gasteiger partial charge in [-0.1, -0.05) is 48.0 Å². The first-order valence-electron chi connectivity index (χ1n) is 10.3. The Kier molecular flexibility index (Phi) is 11.2. The van der Waals surface area contributed by atoms with Crippen LogP contribution in [-0.2, 0) is 9.59 Å². The fourth-order valence-electron chi connectivity index (χ4n) is 3.65. The molecule has 1 aliphatic carbocycles. The van der Waals surface area contributed by atoms with E-state index in [2.05, 4.69) is 6.92 Å². The fraction of sp³-hybridized carbons (Fsp3) is 0.905. The molecule has 142 valence electrons. The zero-order chi connectivity index (χ0) is 18.8. The SMILES string of the molecule is CC.CC.CCC1CCC(C(=O)N2CCC(C)(C(C)=O)CC2)CC1. The van der Waals surface area contributed by atoms with Gasteiger partial charge in [-0.05, 0) is 51.4 Å². The van der Waals surface area contributed by atoms with Crippen LogP contribution in [0.2, 0.25) is 0 Å². The van der Waals surface area contributed by atoms with Crippen molar-refractivity contribution >= 4 is 11.7 Å². The number of piperidine rings is 1. The van der Waals surface area contributed by atoms with E-state index in [0.717, 1.165) is 44.7 Å². The van der Waals surface area contributed by atoms with E-state index in [1.807, 2.05) is 39.5 Å². The minimum Gasteiger partial charge on any atom is -0.342 e. The van der Waals surface area contributed by atoms with Crippen molar-refractivity contribution in [2.45, 2.75) is 93.4 Å². The summed E-state index contributed by atoms with van der Waals surface area (Å²) in [6.45, 7) is 15.5. The van der Waals surface area contributed by atoms with Gasteiger partial charge in [0.05, 0.1) is 0 Å². The van der Waals surface area contributed by atoms with Crippen LogP contribution in [0.25, 0.3) is 0 Å². The highest BCUT2D eigenvalue weighted by Gasteiger charge is 2.37. The quantitative estimate of drug-likeness (QED) is 0.683. The Morgan fingerprint density at radius 3 is 1.79 bits per heavy atom. The van der Waals surface area contributed by atoms with Crippen LogP contribution in [-0.4, -0.2) is 29.7 Å². The minimum absolute atomic E-state index is 0.198. The number of Topliss-reactive ketones (excluding diaryl/α,β-unsaturated/α-hetero) is 1. The number of hydrogen-bond donors (Lipinski definition) is 0. The molecular weight excluding hydrogens is 298 g/mol. The zero-order valence-electron chi connectivity index (χ0n) is 17.3. The van der Waals surface area contributed by atoms with Gasteiger partial charge < -0.3 is 4.90 Å². The van der Waals surface area contributed by atoms with Gasteiger partial charge >= 0.3 is 0 Å². The monoisotopic (exact) mass is 339 g/mol. The van der Waals surface area contributed by atoms with E-state index < -0.39 is 0 Å². The van der Waals surface area contributed by atoms with Gasteiger partial charge in [0, 0.05) is 24.4 Å². The number of hydrogen-bond acceptors (Lipinski definition) is 2. The second kappa shape index (κ2) is 11.7. The lowest BCUT2D eigenvalue weighted by molar-refractivity contribution is -0.142. The normalized spacial score (nSPS) is 25.5. The smallest absolute Gasteiger partial charge is 0.225 e. The highest BCUT2D eigenvalue weighted by atomic mass is 16.2. The van der Waals surface area contributed by atoms with Crippen LogP contribution in [0.4, 0.5) is 0 Å². The Morgan fingerprint density at radius 1 is 0.958 bits per heavy atom. The molecule has 0 unspecified atom stereocenters. The number of rotatable bonds is 3. The molecule has 3 nitrogen and oxygen atoms in total. The molecule has 24 heavy (non-hydrogen) atoms. The summed E-state index contributed by atoms with van der Waals surface area (Å²) < 4.78 is 0. The van der Waals surface area contributed by atoms with Gasteiger partial charge in [-0.25, -0.2) is 0 Å². The Hall–Kier alpha value is -0.860. The molecule has 1 heterocycles. The van der Waals surface area contributed by atoms with Crippen LogP contribution in [0.15, 0.2) is 0 Å². The largest absolute Gasteiger partial charge is 0.342 e. The maximum atomic E-state index is 12.6. The third-order valence-electron chi connectivity index (χ3n) is 5.80. The van der Waals surface area contributed by atoms with Gasteiger partial charge in [0.15, 0.2) is 0 Å². The average molecular weight is 340 g/mol. The molecular formula is C21H41NO2. The first-order valence-corrected chi connectivity index (χ1v) is 10.3. The maximum absolute atomic E-state index is 12.6. The second-order valence-electron chi connectivity index (χ2n) is 7.07. The van der Waals surface area contributed by atoms with Crippen LogP contribution in [0.5, 0.6) is 0 Å². The van der Waals surface area contributed by atoms with E-state index in [0.29, 0.717) is 5.91 Å². The lowest BCUT2D eigenvalue weighted by Crippen LogP contribution is -2.47. The summed E-state index contributed by atoms with van der Waals surface area (Å²) in [4.78, 5) is 26.2. The molecule has 1 aliphatic heterocycles. The minimum atomic E-state index is -0.198. The van der Waals surface area contributed by atoms with E-state index in [1.165, 1.54) is 19.3 Å². The Morgan fingerprint density at radius 2 is 1.42 bits per heavy atom. The topological polar surface area (TPSA) is 37.4 Å². The molecule has 0 aromatic carbocycles. The molecule has 1 amide bonds. The highest BCUT2D eigenvalue weighted by Crippen LogP contribution is 2.35. The molecule has 0 N–H and O–H groups in total. The van der Waals surface area contributed by atoms with Crippen LogP contribution in [0.1, 0.15) is 93.4 Å². The van der Waals surface area contributed by atoms with Gasteiger partial charge in [0.2, 0.25) is 5.91 Å². The van der Waals surface area contributed by atoms with Crippen LogP contribution in [0.3, 0.4) is 0 Å². The van der Waals surface area contributed by atoms with E-state index in [-0.39, 0.29) is 17.1 Å². The number of carbonyl (C=O) groups excluding carboxylic acids is 2. The molecule has 0 aromatic rings. The van der Waals surface area contributed by atoms with E-state index in [1.54, 1.807) is 6.92 Å². The number of amides is 1. The lowest BCUT2D eigenvalue weighted by atomic mass is 9.76. The summed E-state index contributed by atoms with van der Waals surface area (Å²) in [7, 11) is 0. The van der Waals surface area contributed by atoms with E-state index in [9.17, 15) is 9.59 Å². The summed E-state index contributed by atoms with van der Waals surface area (Å²) in [6.07, 6.45) is 7.48. The van der Waals surface area contributed by atoms with Gasteiger partial charge in [-0.15, -0.1) is 0 Å². The van der Waals surface area contributed by atoms with Crippen molar-refractivity contribution < 1.29 is 9.59 Å². The molecule has 0 atom stereocenters. The van der Waals surface area contributed by atoms with Gasteiger partial charge in [-0.3, -0.25) is 9.59 Å². The maximum Gasteiger partial charge on any atom is 0.225 e. The molecule has 0 aromatic heterocycles. The Labute approximate surface area is 150 Å².